The molecule has 0 aliphatic carbocycles. The number of rotatable bonds is 4. The van der Waals surface area contributed by atoms with Crippen LogP contribution in [0.5, 0.6) is 0 Å². The third-order valence-corrected chi connectivity index (χ3v) is 1.99. The van der Waals surface area contributed by atoms with Gasteiger partial charge in [0.1, 0.15) is 5.82 Å². The first kappa shape index (κ1) is 10.2. The molecule has 0 bridgehead atoms. The van der Waals surface area contributed by atoms with Crippen molar-refractivity contribution >= 4 is 0 Å². The van der Waals surface area contributed by atoms with E-state index in [1.54, 1.807) is 0 Å². The molecule has 74 valence electrons. The summed E-state index contributed by atoms with van der Waals surface area (Å²) in [6, 6.07) is 0. The van der Waals surface area contributed by atoms with Crippen molar-refractivity contribution in [3.05, 3.63) is 11.6 Å². The third-order valence-electron chi connectivity index (χ3n) is 1.99. The molecule has 0 spiro atoms. The van der Waals surface area contributed by atoms with Gasteiger partial charge in [0.15, 0.2) is 5.82 Å². The summed E-state index contributed by atoms with van der Waals surface area (Å²) in [5.74, 6) is 2.36. The number of hydrogen-bond donors (Lipinski definition) is 1. The van der Waals surface area contributed by atoms with Crippen molar-refractivity contribution in [1.82, 2.24) is 14.8 Å². The fourth-order valence-electron chi connectivity index (χ4n) is 1.16. The smallest absolute Gasteiger partial charge is 0.153 e. The largest absolute Gasteiger partial charge is 0.330 e. The van der Waals surface area contributed by atoms with Gasteiger partial charge in [-0.2, -0.15) is 5.10 Å². The Labute approximate surface area is 79.2 Å². The van der Waals surface area contributed by atoms with Crippen LogP contribution in [0, 0.1) is 0 Å². The van der Waals surface area contributed by atoms with Gasteiger partial charge in [-0.3, -0.25) is 4.68 Å². The zero-order chi connectivity index (χ0) is 9.84. The minimum atomic E-state index is 0.401. The lowest BCUT2D eigenvalue weighted by Gasteiger charge is -1.96. The molecule has 1 rings (SSSR count). The van der Waals surface area contributed by atoms with Gasteiger partial charge in [-0.25, -0.2) is 4.98 Å². The molecule has 0 aliphatic heterocycles. The van der Waals surface area contributed by atoms with Crippen LogP contribution in [0.3, 0.4) is 0 Å². The van der Waals surface area contributed by atoms with E-state index in [4.69, 9.17) is 5.73 Å². The molecule has 4 heteroatoms. The topological polar surface area (TPSA) is 56.7 Å². The summed E-state index contributed by atoms with van der Waals surface area (Å²) in [6.07, 6.45) is 1.90. The summed E-state index contributed by atoms with van der Waals surface area (Å²) in [5, 5.41) is 4.33. The van der Waals surface area contributed by atoms with E-state index in [-0.39, 0.29) is 0 Å². The molecule has 0 aromatic carbocycles. The van der Waals surface area contributed by atoms with Crippen molar-refractivity contribution in [2.24, 2.45) is 12.8 Å². The molecule has 1 aromatic heterocycles. The minimum absolute atomic E-state index is 0.401. The molecule has 0 saturated carbocycles. The van der Waals surface area contributed by atoms with Gasteiger partial charge in [0, 0.05) is 19.4 Å². The number of nitrogens with zero attached hydrogens (tertiary/aromatic N) is 3. The average molecular weight is 182 g/mol. The predicted molar refractivity (Wildman–Crippen MR) is 52.5 cm³/mol. The normalized spacial score (nSPS) is 11.2. The molecule has 0 aliphatic rings. The Kier molecular flexibility index (Phi) is 3.42. The lowest BCUT2D eigenvalue weighted by molar-refractivity contribution is 0.664. The molecule has 0 unspecified atom stereocenters. The Bertz CT molecular complexity index is 265. The second-order valence-electron chi connectivity index (χ2n) is 3.56. The van der Waals surface area contributed by atoms with Crippen molar-refractivity contribution in [3.63, 3.8) is 0 Å². The second-order valence-corrected chi connectivity index (χ2v) is 3.56. The van der Waals surface area contributed by atoms with Crippen LogP contribution in [0.2, 0.25) is 0 Å². The van der Waals surface area contributed by atoms with Crippen LogP contribution >= 0.6 is 0 Å². The Balaban J connectivity index is 2.71. The van der Waals surface area contributed by atoms with Crippen LogP contribution in [0.4, 0.5) is 0 Å². The first-order valence-corrected chi connectivity index (χ1v) is 4.75. The van der Waals surface area contributed by atoms with Crippen LogP contribution in [0.1, 0.15) is 37.8 Å². The molecule has 13 heavy (non-hydrogen) atoms. The van der Waals surface area contributed by atoms with E-state index >= 15 is 0 Å². The summed E-state index contributed by atoms with van der Waals surface area (Å²) in [7, 11) is 1.94. The maximum atomic E-state index is 5.44. The lowest BCUT2D eigenvalue weighted by Crippen LogP contribution is -2.04. The van der Waals surface area contributed by atoms with E-state index in [9.17, 15) is 0 Å². The highest BCUT2D eigenvalue weighted by atomic mass is 15.3. The van der Waals surface area contributed by atoms with E-state index in [1.165, 1.54) is 0 Å². The SMILES string of the molecule is CC(C)c1nc(CCCN)n(C)n1. The number of nitrogens with two attached hydrogens (primary N) is 1. The van der Waals surface area contributed by atoms with Crippen LogP contribution in [-0.2, 0) is 13.5 Å². The molecule has 0 amide bonds. The quantitative estimate of drug-likeness (QED) is 0.750. The minimum Gasteiger partial charge on any atom is -0.330 e. The fourth-order valence-corrected chi connectivity index (χ4v) is 1.16. The molecule has 0 saturated heterocycles. The molecular weight excluding hydrogens is 164 g/mol. The second kappa shape index (κ2) is 4.37. The Hall–Kier alpha value is -0.900. The van der Waals surface area contributed by atoms with E-state index in [2.05, 4.69) is 23.9 Å². The average Bonchev–Trinajstić information content (AvgIpc) is 2.44. The zero-order valence-corrected chi connectivity index (χ0v) is 8.62. The number of aromatic nitrogens is 3. The predicted octanol–water partition coefficient (Wildman–Crippen LogP) is 0.830. The van der Waals surface area contributed by atoms with Crippen LogP contribution < -0.4 is 5.73 Å². The summed E-state index contributed by atoms with van der Waals surface area (Å²) < 4.78 is 1.85. The summed E-state index contributed by atoms with van der Waals surface area (Å²) in [4.78, 5) is 4.44. The lowest BCUT2D eigenvalue weighted by atomic mass is 10.2. The summed E-state index contributed by atoms with van der Waals surface area (Å²) in [5.41, 5.74) is 5.44. The van der Waals surface area contributed by atoms with Gasteiger partial charge in [0.05, 0.1) is 0 Å². The van der Waals surface area contributed by atoms with E-state index in [0.717, 1.165) is 24.5 Å². The fraction of sp³-hybridized carbons (Fsp3) is 0.778. The van der Waals surface area contributed by atoms with Gasteiger partial charge in [-0.1, -0.05) is 13.8 Å². The van der Waals surface area contributed by atoms with Gasteiger partial charge >= 0.3 is 0 Å². The van der Waals surface area contributed by atoms with Gasteiger partial charge in [0.25, 0.3) is 0 Å². The molecule has 0 fully saturated rings. The zero-order valence-electron chi connectivity index (χ0n) is 8.62. The highest BCUT2D eigenvalue weighted by Gasteiger charge is 2.08. The van der Waals surface area contributed by atoms with E-state index in [1.807, 2.05) is 11.7 Å². The van der Waals surface area contributed by atoms with E-state index < -0.39 is 0 Å². The maximum Gasteiger partial charge on any atom is 0.153 e. The van der Waals surface area contributed by atoms with Gasteiger partial charge in [-0.05, 0) is 13.0 Å². The Morgan fingerprint density at radius 2 is 2.15 bits per heavy atom. The van der Waals surface area contributed by atoms with Crippen LogP contribution in [0.25, 0.3) is 0 Å². The van der Waals surface area contributed by atoms with Crippen molar-refractivity contribution in [1.29, 1.82) is 0 Å². The first-order valence-electron chi connectivity index (χ1n) is 4.75. The number of hydrogen-bond acceptors (Lipinski definition) is 3. The van der Waals surface area contributed by atoms with Gasteiger partial charge in [-0.15, -0.1) is 0 Å². The monoisotopic (exact) mass is 182 g/mol. The van der Waals surface area contributed by atoms with Crippen molar-refractivity contribution < 1.29 is 0 Å². The highest BCUT2D eigenvalue weighted by Crippen LogP contribution is 2.09. The van der Waals surface area contributed by atoms with Crippen LogP contribution in [-0.4, -0.2) is 21.3 Å². The van der Waals surface area contributed by atoms with Gasteiger partial charge in [0.2, 0.25) is 0 Å². The Morgan fingerprint density at radius 1 is 1.46 bits per heavy atom. The summed E-state index contributed by atoms with van der Waals surface area (Å²) in [6.45, 7) is 4.91. The summed E-state index contributed by atoms with van der Waals surface area (Å²) >= 11 is 0. The number of aryl methyl sites for hydroxylation is 2. The van der Waals surface area contributed by atoms with E-state index in [0.29, 0.717) is 12.5 Å². The maximum absolute atomic E-state index is 5.44. The standard InChI is InChI=1S/C9H18N4/c1-7(2)9-11-8(5-4-6-10)13(3)12-9/h7H,4-6,10H2,1-3H3. The molecular formula is C9H18N4. The molecule has 2 N–H and O–H groups in total. The molecule has 1 aromatic rings. The van der Waals surface area contributed by atoms with Crippen molar-refractivity contribution in [2.75, 3.05) is 6.54 Å². The highest BCUT2D eigenvalue weighted by molar-refractivity contribution is 4.96. The molecule has 0 radical (unpaired) electrons. The van der Waals surface area contributed by atoms with Crippen LogP contribution in [0.15, 0.2) is 0 Å². The van der Waals surface area contributed by atoms with Gasteiger partial charge < -0.3 is 5.73 Å². The van der Waals surface area contributed by atoms with Crippen molar-refractivity contribution in [3.8, 4) is 0 Å². The molecule has 4 nitrogen and oxygen atoms in total. The Morgan fingerprint density at radius 3 is 2.62 bits per heavy atom. The molecule has 1 heterocycles. The third kappa shape index (κ3) is 2.52. The van der Waals surface area contributed by atoms with Crippen molar-refractivity contribution in [2.45, 2.75) is 32.6 Å². The first-order chi connectivity index (χ1) is 6.15. The molecule has 0 atom stereocenters.